The third kappa shape index (κ3) is 4.52. The number of rotatable bonds is 6. The molecule has 0 saturated carbocycles. The number of carbonyl (C=O) groups excluding carboxylic acids is 2. The molecule has 1 amide bonds. The Morgan fingerprint density at radius 2 is 1.90 bits per heavy atom. The molecule has 0 aliphatic heterocycles. The van der Waals surface area contributed by atoms with Crippen molar-refractivity contribution in [3.63, 3.8) is 0 Å². The van der Waals surface area contributed by atoms with Gasteiger partial charge >= 0.3 is 5.00 Å². The number of nitro groups is 1. The van der Waals surface area contributed by atoms with E-state index in [2.05, 4.69) is 10.0 Å². The Balaban J connectivity index is 1.86. The Morgan fingerprint density at radius 1 is 1.14 bits per heavy atom. The molecule has 1 atom stereocenters. The van der Waals surface area contributed by atoms with Crippen molar-refractivity contribution in [2.45, 2.75) is 11.8 Å². The molecule has 8 nitrogen and oxygen atoms in total. The molecule has 29 heavy (non-hydrogen) atoms. The summed E-state index contributed by atoms with van der Waals surface area (Å²) in [6.07, 6.45) is 0. The minimum Gasteiger partial charge on any atom is -0.321 e. The van der Waals surface area contributed by atoms with Crippen molar-refractivity contribution in [3.8, 4) is 0 Å². The number of amides is 1. The van der Waals surface area contributed by atoms with Gasteiger partial charge in [0.05, 0.1) is 14.7 Å². The first-order chi connectivity index (χ1) is 13.8. The largest absolute Gasteiger partial charge is 0.324 e. The van der Waals surface area contributed by atoms with E-state index in [9.17, 15) is 23.9 Å². The number of thiophene rings is 1. The third-order valence-electron chi connectivity index (χ3n) is 3.94. The molecule has 1 aromatic heterocycles. The summed E-state index contributed by atoms with van der Waals surface area (Å²) in [5.74, 6) is -0.548. The molecule has 0 radical (unpaired) electrons. The Hall–Kier alpha value is -3.46. The highest BCUT2D eigenvalue weighted by atomic mass is 32.2. The van der Waals surface area contributed by atoms with E-state index in [1.165, 1.54) is 24.3 Å². The van der Waals surface area contributed by atoms with Crippen LogP contribution in [0.1, 0.15) is 15.2 Å². The molecule has 3 aromatic rings. The summed E-state index contributed by atoms with van der Waals surface area (Å²) in [6, 6.07) is 15.7. The van der Waals surface area contributed by atoms with Gasteiger partial charge in [0.25, 0.3) is 5.91 Å². The standard InChI is InChI=1S/C19H15N3O5S2/c1-13-5-2-3-8-16(13)21-29(27,12-23)15-7-4-6-14(11-15)20-19(24)17-9-10-18(28-17)22(25)26/h2-11H,1H3,(H,20,24)(H,21,27). The van der Waals surface area contributed by atoms with Crippen LogP contribution in [0.3, 0.4) is 0 Å². The van der Waals surface area contributed by atoms with Gasteiger partial charge in [-0.1, -0.05) is 35.6 Å². The molecule has 0 saturated heterocycles. The molecular weight excluding hydrogens is 414 g/mol. The van der Waals surface area contributed by atoms with Crippen LogP contribution in [0.2, 0.25) is 0 Å². The zero-order valence-corrected chi connectivity index (χ0v) is 16.7. The van der Waals surface area contributed by atoms with Crippen LogP contribution in [0.5, 0.6) is 0 Å². The lowest BCUT2D eigenvalue weighted by molar-refractivity contribution is -0.380. The van der Waals surface area contributed by atoms with Crippen molar-refractivity contribution in [2.75, 3.05) is 10.0 Å². The van der Waals surface area contributed by atoms with Crippen LogP contribution in [-0.2, 0) is 14.5 Å². The molecule has 0 aliphatic rings. The van der Waals surface area contributed by atoms with Gasteiger partial charge in [-0.3, -0.25) is 14.9 Å². The van der Waals surface area contributed by atoms with Crippen LogP contribution in [0.15, 0.2) is 65.6 Å². The number of carbonyl (C=O) groups is 1. The minimum atomic E-state index is -3.40. The SMILES string of the molecule is Cc1ccccc1NS(=O)(=C=O)c1cccc(NC(=O)c2ccc([N+](=O)[O-])s2)c1. The van der Waals surface area contributed by atoms with E-state index in [-0.39, 0.29) is 20.5 Å². The van der Waals surface area contributed by atoms with E-state index in [0.29, 0.717) is 5.69 Å². The maximum atomic E-state index is 13.1. The van der Waals surface area contributed by atoms with E-state index in [1.54, 1.807) is 29.5 Å². The van der Waals surface area contributed by atoms with E-state index in [0.717, 1.165) is 16.9 Å². The number of nitrogens with zero attached hydrogens (tertiary/aromatic N) is 1. The van der Waals surface area contributed by atoms with Gasteiger partial charge in [0.2, 0.25) is 5.23 Å². The third-order valence-corrected chi connectivity index (χ3v) is 6.63. The van der Waals surface area contributed by atoms with Crippen LogP contribution in [0.4, 0.5) is 16.4 Å². The second-order valence-corrected chi connectivity index (χ2v) is 8.95. The van der Waals surface area contributed by atoms with Gasteiger partial charge in [-0.15, -0.1) is 0 Å². The van der Waals surface area contributed by atoms with Crippen molar-refractivity contribution in [2.24, 2.45) is 0 Å². The average molecular weight is 429 g/mol. The molecule has 1 heterocycles. The summed E-state index contributed by atoms with van der Waals surface area (Å²) in [5.41, 5.74) is 1.62. The first-order valence-electron chi connectivity index (χ1n) is 8.24. The van der Waals surface area contributed by atoms with E-state index < -0.39 is 20.5 Å². The molecule has 0 fully saturated rings. The van der Waals surface area contributed by atoms with Gasteiger partial charge in [0, 0.05) is 17.4 Å². The predicted molar refractivity (Wildman–Crippen MR) is 112 cm³/mol. The maximum Gasteiger partial charge on any atom is 0.324 e. The maximum absolute atomic E-state index is 13.1. The number of anilines is 2. The molecule has 0 spiro atoms. The van der Waals surface area contributed by atoms with Gasteiger partial charge in [0.15, 0.2) is 9.71 Å². The van der Waals surface area contributed by atoms with Gasteiger partial charge in [-0.2, -0.15) is 0 Å². The predicted octanol–water partition coefficient (Wildman–Crippen LogP) is 3.95. The number of hydrogen-bond donors (Lipinski definition) is 2. The lowest BCUT2D eigenvalue weighted by Crippen LogP contribution is -2.16. The molecule has 2 aromatic carbocycles. The average Bonchev–Trinajstić information content (AvgIpc) is 3.21. The summed E-state index contributed by atoms with van der Waals surface area (Å²) < 4.78 is 15.9. The van der Waals surface area contributed by atoms with Crippen LogP contribution >= 0.6 is 11.3 Å². The fraction of sp³-hybridized carbons (Fsp3) is 0.0526. The summed E-state index contributed by atoms with van der Waals surface area (Å²) in [4.78, 5) is 34.4. The molecule has 0 bridgehead atoms. The number of hydrogen-bond acceptors (Lipinski definition) is 6. The second kappa shape index (κ2) is 8.27. The van der Waals surface area contributed by atoms with Crippen LogP contribution in [-0.4, -0.2) is 20.3 Å². The summed E-state index contributed by atoms with van der Waals surface area (Å²) in [7, 11) is -3.40. The fourth-order valence-corrected chi connectivity index (χ4v) is 4.54. The van der Waals surface area contributed by atoms with Gasteiger partial charge < -0.3 is 10.0 Å². The summed E-state index contributed by atoms with van der Waals surface area (Å²) >= 11 is 0.744. The normalized spacial score (nSPS) is 12.4. The zero-order valence-electron chi connectivity index (χ0n) is 15.1. The smallest absolute Gasteiger partial charge is 0.321 e. The molecule has 3 rings (SSSR count). The number of nitrogens with one attached hydrogen (secondary N) is 2. The summed E-state index contributed by atoms with van der Waals surface area (Å²) in [6.45, 7) is 1.81. The van der Waals surface area contributed by atoms with Gasteiger partial charge in [0.1, 0.15) is 0 Å². The molecular formula is C19H15N3O5S2. The molecule has 0 aliphatic carbocycles. The van der Waals surface area contributed by atoms with E-state index in [1.807, 2.05) is 19.1 Å². The first kappa shape index (κ1) is 20.3. The molecule has 148 valence electrons. The molecule has 10 heteroatoms. The lowest BCUT2D eigenvalue weighted by atomic mass is 10.2. The minimum absolute atomic E-state index is 0.144. The summed E-state index contributed by atoms with van der Waals surface area (Å²) in [5, 5.41) is 14.8. The quantitative estimate of drug-likeness (QED) is 0.349. The first-order valence-corrected chi connectivity index (χ1v) is 10.6. The number of para-hydroxylation sites is 1. The highest BCUT2D eigenvalue weighted by molar-refractivity contribution is 8.01. The van der Waals surface area contributed by atoms with Crippen molar-refractivity contribution < 1.29 is 18.7 Å². The topological polar surface area (TPSA) is 118 Å². The van der Waals surface area contributed by atoms with Crippen molar-refractivity contribution in [1.82, 2.24) is 0 Å². The highest BCUT2D eigenvalue weighted by Gasteiger charge is 2.17. The highest BCUT2D eigenvalue weighted by Crippen LogP contribution is 2.26. The Labute approximate surface area is 170 Å². The molecule has 2 N–H and O–H groups in total. The van der Waals surface area contributed by atoms with Gasteiger partial charge in [-0.05, 0) is 42.8 Å². The Kier molecular flexibility index (Phi) is 5.79. The van der Waals surface area contributed by atoms with Gasteiger partial charge in [-0.25, -0.2) is 9.00 Å². The molecule has 1 unspecified atom stereocenters. The number of aryl methyl sites for hydroxylation is 1. The second-order valence-electron chi connectivity index (χ2n) is 5.93. The van der Waals surface area contributed by atoms with Crippen molar-refractivity contribution in [3.05, 3.63) is 81.2 Å². The van der Waals surface area contributed by atoms with Crippen LogP contribution < -0.4 is 10.0 Å². The van der Waals surface area contributed by atoms with Crippen LogP contribution in [0, 0.1) is 17.0 Å². The van der Waals surface area contributed by atoms with Crippen molar-refractivity contribution in [1.29, 1.82) is 0 Å². The van der Waals surface area contributed by atoms with Crippen molar-refractivity contribution >= 4 is 48.6 Å². The van der Waals surface area contributed by atoms with E-state index in [4.69, 9.17) is 0 Å². The lowest BCUT2D eigenvalue weighted by Gasteiger charge is -2.14. The monoisotopic (exact) mass is 429 g/mol. The number of benzene rings is 2. The Bertz CT molecular complexity index is 1240. The Morgan fingerprint density at radius 3 is 2.55 bits per heavy atom. The van der Waals surface area contributed by atoms with Crippen LogP contribution in [0.25, 0.3) is 0 Å². The van der Waals surface area contributed by atoms with E-state index >= 15 is 0 Å². The zero-order chi connectivity index (χ0) is 21.0. The fourth-order valence-electron chi connectivity index (χ4n) is 2.46.